The lowest BCUT2D eigenvalue weighted by Gasteiger charge is -2.60. The van der Waals surface area contributed by atoms with Crippen molar-refractivity contribution in [2.75, 3.05) is 0 Å². The first-order valence-electron chi connectivity index (χ1n) is 6.50. The molecule has 4 aliphatic rings. The van der Waals surface area contributed by atoms with Gasteiger partial charge in [0.15, 0.2) is 0 Å². The van der Waals surface area contributed by atoms with Crippen LogP contribution in [-0.2, 0) is 0 Å². The molecule has 4 aliphatic carbocycles. The summed E-state index contributed by atoms with van der Waals surface area (Å²) in [5.74, 6) is 3.89. The van der Waals surface area contributed by atoms with Crippen LogP contribution in [0, 0.1) is 23.7 Å². The largest absolute Gasteiger partial charge is 0.325 e. The molecule has 1 nitrogen and oxygen atoms in total. The van der Waals surface area contributed by atoms with Crippen LogP contribution in [0.1, 0.15) is 51.9 Å². The minimum Gasteiger partial charge on any atom is -0.325 e. The minimum absolute atomic E-state index is 0. The quantitative estimate of drug-likeness (QED) is 0.772. The van der Waals surface area contributed by atoms with Crippen molar-refractivity contribution in [3.8, 4) is 0 Å². The summed E-state index contributed by atoms with van der Waals surface area (Å²) in [5.41, 5.74) is 6.92. The maximum Gasteiger partial charge on any atom is 0.0190 e. The molecule has 0 aromatic rings. The highest BCUT2D eigenvalue weighted by Crippen LogP contribution is 2.58. The van der Waals surface area contributed by atoms with Gasteiger partial charge in [-0.25, -0.2) is 0 Å². The maximum absolute atomic E-state index is 6.65. The summed E-state index contributed by atoms with van der Waals surface area (Å²) < 4.78 is 0. The lowest BCUT2D eigenvalue weighted by molar-refractivity contribution is -0.0585. The van der Waals surface area contributed by atoms with Crippen LogP contribution in [0.2, 0.25) is 0 Å². The molecular formula is C13H24ClN. The number of nitrogens with two attached hydrogens (primary N) is 1. The molecular weight excluding hydrogens is 206 g/mol. The van der Waals surface area contributed by atoms with E-state index in [0.29, 0.717) is 0 Å². The molecule has 0 aromatic carbocycles. The van der Waals surface area contributed by atoms with E-state index in [0.717, 1.165) is 23.7 Å². The van der Waals surface area contributed by atoms with Gasteiger partial charge in [0, 0.05) is 5.54 Å². The van der Waals surface area contributed by atoms with E-state index in [4.69, 9.17) is 5.73 Å². The fourth-order valence-electron chi connectivity index (χ4n) is 5.04. The Morgan fingerprint density at radius 3 is 2.20 bits per heavy atom. The van der Waals surface area contributed by atoms with E-state index >= 15 is 0 Å². The first kappa shape index (κ1) is 11.7. The van der Waals surface area contributed by atoms with Crippen molar-refractivity contribution in [3.63, 3.8) is 0 Å². The molecule has 0 amide bonds. The predicted octanol–water partition coefficient (Wildman–Crippen LogP) is 3.36. The van der Waals surface area contributed by atoms with E-state index < -0.39 is 0 Å². The second-order valence-electron chi connectivity index (χ2n) is 6.24. The Balaban J connectivity index is 0.000000853. The van der Waals surface area contributed by atoms with E-state index in [1.54, 1.807) is 0 Å². The van der Waals surface area contributed by atoms with Gasteiger partial charge in [0.25, 0.3) is 0 Å². The van der Waals surface area contributed by atoms with Crippen LogP contribution in [0.4, 0.5) is 0 Å². The van der Waals surface area contributed by atoms with Crippen LogP contribution >= 0.6 is 12.4 Å². The van der Waals surface area contributed by atoms with Crippen molar-refractivity contribution < 1.29 is 0 Å². The topological polar surface area (TPSA) is 26.0 Å². The van der Waals surface area contributed by atoms with Crippen molar-refractivity contribution in [3.05, 3.63) is 0 Å². The first-order chi connectivity index (χ1) is 6.71. The molecule has 15 heavy (non-hydrogen) atoms. The highest BCUT2D eigenvalue weighted by Gasteiger charge is 2.54. The SMILES string of the molecule is CCCC1C2CC3CC(C2)CC1(N)C3.Cl. The van der Waals surface area contributed by atoms with Crippen LogP contribution in [0.15, 0.2) is 0 Å². The fourth-order valence-corrected chi connectivity index (χ4v) is 5.04. The third kappa shape index (κ3) is 1.72. The van der Waals surface area contributed by atoms with E-state index in [1.807, 2.05) is 0 Å². The molecule has 4 fully saturated rings. The van der Waals surface area contributed by atoms with Gasteiger partial charge in [0.1, 0.15) is 0 Å². The van der Waals surface area contributed by atoms with Gasteiger partial charge in [-0.05, 0) is 62.2 Å². The van der Waals surface area contributed by atoms with Gasteiger partial charge in [-0.15, -0.1) is 12.4 Å². The summed E-state index contributed by atoms with van der Waals surface area (Å²) in [7, 11) is 0. The van der Waals surface area contributed by atoms with Crippen LogP contribution in [0.3, 0.4) is 0 Å². The third-order valence-electron chi connectivity index (χ3n) is 5.18. The van der Waals surface area contributed by atoms with Crippen molar-refractivity contribution in [2.45, 2.75) is 57.4 Å². The average molecular weight is 230 g/mol. The Hall–Kier alpha value is 0.250. The molecule has 2 N–H and O–H groups in total. The molecule has 0 saturated heterocycles. The smallest absolute Gasteiger partial charge is 0.0190 e. The Labute approximate surface area is 99.6 Å². The zero-order valence-corrected chi connectivity index (χ0v) is 10.6. The molecule has 88 valence electrons. The molecule has 0 heterocycles. The summed E-state index contributed by atoms with van der Waals surface area (Å²) in [4.78, 5) is 0. The molecule has 4 saturated carbocycles. The van der Waals surface area contributed by atoms with Crippen molar-refractivity contribution >= 4 is 12.4 Å². The highest BCUT2D eigenvalue weighted by atomic mass is 35.5. The number of halogens is 1. The second-order valence-corrected chi connectivity index (χ2v) is 6.24. The van der Waals surface area contributed by atoms with Gasteiger partial charge < -0.3 is 5.73 Å². The summed E-state index contributed by atoms with van der Waals surface area (Å²) in [5, 5.41) is 0. The number of hydrogen-bond acceptors (Lipinski definition) is 1. The zero-order valence-electron chi connectivity index (χ0n) is 9.74. The Morgan fingerprint density at radius 1 is 1.13 bits per heavy atom. The molecule has 0 aliphatic heterocycles. The lowest BCUT2D eigenvalue weighted by Crippen LogP contribution is -2.62. The molecule has 2 heteroatoms. The van der Waals surface area contributed by atoms with Crippen LogP contribution in [-0.4, -0.2) is 5.54 Å². The summed E-state index contributed by atoms with van der Waals surface area (Å²) in [6.45, 7) is 2.31. The normalized spacial score (nSPS) is 51.6. The maximum atomic E-state index is 6.65. The van der Waals surface area contributed by atoms with E-state index in [-0.39, 0.29) is 17.9 Å². The van der Waals surface area contributed by atoms with Crippen molar-refractivity contribution in [1.82, 2.24) is 0 Å². The Morgan fingerprint density at radius 2 is 1.73 bits per heavy atom. The number of hydrogen-bond donors (Lipinski definition) is 1. The van der Waals surface area contributed by atoms with Gasteiger partial charge in [0.05, 0.1) is 0 Å². The summed E-state index contributed by atoms with van der Waals surface area (Å²) in [6, 6.07) is 0. The predicted molar refractivity (Wildman–Crippen MR) is 66.1 cm³/mol. The lowest BCUT2D eigenvalue weighted by atomic mass is 9.48. The fraction of sp³-hybridized carbons (Fsp3) is 1.00. The molecule has 3 unspecified atom stereocenters. The van der Waals surface area contributed by atoms with Gasteiger partial charge in [-0.1, -0.05) is 13.3 Å². The number of rotatable bonds is 2. The van der Waals surface area contributed by atoms with E-state index in [2.05, 4.69) is 6.92 Å². The third-order valence-corrected chi connectivity index (χ3v) is 5.18. The van der Waals surface area contributed by atoms with Gasteiger partial charge in [0.2, 0.25) is 0 Å². The first-order valence-corrected chi connectivity index (χ1v) is 6.50. The minimum atomic E-state index is 0. The molecule has 0 aromatic heterocycles. The molecule has 4 rings (SSSR count). The van der Waals surface area contributed by atoms with Crippen LogP contribution < -0.4 is 5.73 Å². The monoisotopic (exact) mass is 229 g/mol. The molecule has 0 spiro atoms. The van der Waals surface area contributed by atoms with Crippen molar-refractivity contribution in [1.29, 1.82) is 0 Å². The zero-order chi connectivity index (χ0) is 9.76. The van der Waals surface area contributed by atoms with Crippen LogP contribution in [0.25, 0.3) is 0 Å². The van der Waals surface area contributed by atoms with Gasteiger partial charge in [-0.2, -0.15) is 0 Å². The van der Waals surface area contributed by atoms with Crippen molar-refractivity contribution in [2.24, 2.45) is 29.4 Å². The van der Waals surface area contributed by atoms with Gasteiger partial charge >= 0.3 is 0 Å². The molecule has 3 atom stereocenters. The summed E-state index contributed by atoms with van der Waals surface area (Å²) >= 11 is 0. The second kappa shape index (κ2) is 3.92. The standard InChI is InChI=1S/C13H23N.ClH/c1-2-3-12-11-5-9-4-10(6-11)8-13(12,14)7-9;/h9-12H,2-8,14H2,1H3;1H. The highest BCUT2D eigenvalue weighted by molar-refractivity contribution is 5.85. The van der Waals surface area contributed by atoms with Crippen LogP contribution in [0.5, 0.6) is 0 Å². The molecule has 0 radical (unpaired) electrons. The Bertz CT molecular complexity index is 227. The van der Waals surface area contributed by atoms with E-state index in [9.17, 15) is 0 Å². The summed E-state index contributed by atoms with van der Waals surface area (Å²) in [6.07, 6.45) is 9.96. The molecule has 4 bridgehead atoms. The van der Waals surface area contributed by atoms with E-state index in [1.165, 1.54) is 44.9 Å². The Kier molecular flexibility index (Phi) is 3.07. The van der Waals surface area contributed by atoms with Gasteiger partial charge in [-0.3, -0.25) is 0 Å². The average Bonchev–Trinajstić information content (AvgIpc) is 2.09.